The Morgan fingerprint density at radius 3 is 2.00 bits per heavy atom. The van der Waals surface area contributed by atoms with Gasteiger partial charge < -0.3 is 0 Å². The fourth-order valence-corrected chi connectivity index (χ4v) is 1.79. The Morgan fingerprint density at radius 2 is 1.57 bits per heavy atom. The SMILES string of the molecule is c1cc[c]2[c](c1)[Rh]2. The maximum atomic E-state index is 2.21. The molecule has 0 aliphatic carbocycles. The van der Waals surface area contributed by atoms with E-state index in [0.29, 0.717) is 0 Å². The molecule has 0 nitrogen and oxygen atoms in total. The molecule has 1 aliphatic heterocycles. The molecule has 1 heterocycles. The van der Waals surface area contributed by atoms with E-state index in [1.54, 1.807) is 8.32 Å². The molecule has 0 bridgehead atoms. The third-order valence-corrected chi connectivity index (χ3v) is 2.84. The van der Waals surface area contributed by atoms with Crippen LogP contribution in [-0.4, -0.2) is 0 Å². The summed E-state index contributed by atoms with van der Waals surface area (Å²) in [5.41, 5.74) is 0. The van der Waals surface area contributed by atoms with Gasteiger partial charge in [-0.15, -0.1) is 0 Å². The Bertz CT molecular complexity index is 172. The second-order valence-corrected chi connectivity index (χ2v) is 3.62. The third kappa shape index (κ3) is 0.523. The van der Waals surface area contributed by atoms with Gasteiger partial charge in [-0.3, -0.25) is 0 Å². The van der Waals surface area contributed by atoms with Gasteiger partial charge in [0.25, 0.3) is 0 Å². The van der Waals surface area contributed by atoms with E-state index in [1.165, 1.54) is 0 Å². The van der Waals surface area contributed by atoms with Gasteiger partial charge in [0.2, 0.25) is 0 Å². The third-order valence-electron chi connectivity index (χ3n) is 0.940. The normalized spacial score (nSPS) is 14.3. The average molecular weight is 179 g/mol. The van der Waals surface area contributed by atoms with Crippen LogP contribution in [0.15, 0.2) is 24.3 Å². The van der Waals surface area contributed by atoms with Crippen LogP contribution in [0.3, 0.4) is 0 Å². The summed E-state index contributed by atoms with van der Waals surface area (Å²) in [6.07, 6.45) is 0. The van der Waals surface area contributed by atoms with Crippen LogP contribution in [-0.2, 0) is 17.1 Å². The molecule has 0 N–H and O–H groups in total. The molecule has 0 amide bonds. The maximum absolute atomic E-state index is 2.21. The van der Waals surface area contributed by atoms with Crippen LogP contribution in [0.1, 0.15) is 0 Å². The van der Waals surface area contributed by atoms with Crippen molar-refractivity contribution in [3.63, 3.8) is 0 Å². The van der Waals surface area contributed by atoms with Crippen LogP contribution in [0, 0.1) is 0 Å². The molecule has 0 radical (unpaired) electrons. The van der Waals surface area contributed by atoms with E-state index >= 15 is 0 Å². The molecule has 0 fully saturated rings. The van der Waals surface area contributed by atoms with Gasteiger partial charge in [-0.25, -0.2) is 0 Å². The molecule has 0 unspecified atom stereocenters. The second kappa shape index (κ2) is 1.17. The minimum atomic E-state index is 0.726. The summed E-state index contributed by atoms with van der Waals surface area (Å²) >= 11 is 0.726. The van der Waals surface area contributed by atoms with Crippen molar-refractivity contribution in [2.75, 3.05) is 0 Å². The molecule has 0 saturated carbocycles. The van der Waals surface area contributed by atoms with Crippen LogP contribution in [0.5, 0.6) is 0 Å². The molecule has 2 rings (SSSR count). The first-order chi connectivity index (χ1) is 3.47. The number of hydrogen-bond donors (Lipinski definition) is 0. The van der Waals surface area contributed by atoms with E-state index in [-0.39, 0.29) is 0 Å². The number of benzene rings is 1. The zero-order valence-corrected chi connectivity index (χ0v) is 5.28. The molecular formula is C6H4Rh. The number of rotatable bonds is 0. The molecule has 1 aromatic carbocycles. The second-order valence-electron chi connectivity index (χ2n) is 1.45. The van der Waals surface area contributed by atoms with Gasteiger partial charge >= 0.3 is 49.7 Å². The van der Waals surface area contributed by atoms with Crippen molar-refractivity contribution >= 4 is 8.32 Å². The van der Waals surface area contributed by atoms with Gasteiger partial charge in [-0.05, 0) is 0 Å². The quantitative estimate of drug-likeness (QED) is 0.500. The van der Waals surface area contributed by atoms with Gasteiger partial charge in [0.1, 0.15) is 0 Å². The zero-order chi connectivity index (χ0) is 4.69. The van der Waals surface area contributed by atoms with Gasteiger partial charge in [0.05, 0.1) is 0 Å². The molecule has 1 heteroatoms. The summed E-state index contributed by atoms with van der Waals surface area (Å²) in [4.78, 5) is 0. The average Bonchev–Trinajstić information content (AvgIpc) is 2.41. The van der Waals surface area contributed by atoms with Crippen LogP contribution in [0.4, 0.5) is 0 Å². The zero-order valence-electron chi connectivity index (χ0n) is 3.64. The van der Waals surface area contributed by atoms with Crippen molar-refractivity contribution in [1.29, 1.82) is 0 Å². The Morgan fingerprint density at radius 1 is 1.00 bits per heavy atom. The first-order valence-corrected chi connectivity index (χ1v) is 3.80. The molecule has 37 valence electrons. The molecule has 0 atom stereocenters. The summed E-state index contributed by atoms with van der Waals surface area (Å²) in [5.74, 6) is 0. The van der Waals surface area contributed by atoms with Crippen molar-refractivity contribution in [3.8, 4) is 0 Å². The van der Waals surface area contributed by atoms with E-state index in [2.05, 4.69) is 24.3 Å². The first-order valence-electron chi connectivity index (χ1n) is 2.16. The van der Waals surface area contributed by atoms with Crippen molar-refractivity contribution in [3.05, 3.63) is 24.3 Å². The Balaban J connectivity index is 2.73. The van der Waals surface area contributed by atoms with Gasteiger partial charge in [0.15, 0.2) is 0 Å². The summed E-state index contributed by atoms with van der Waals surface area (Å²) in [5, 5.41) is 0. The van der Waals surface area contributed by atoms with Crippen LogP contribution in [0.25, 0.3) is 0 Å². The summed E-state index contributed by atoms with van der Waals surface area (Å²) in [6, 6.07) is 8.63. The fraction of sp³-hybridized carbons (Fsp3) is 0. The van der Waals surface area contributed by atoms with E-state index < -0.39 is 0 Å². The standard InChI is InChI=1S/C6H4.Rh/c1-2-4-6-5-3-1;/h1-4H;. The monoisotopic (exact) mass is 179 g/mol. The van der Waals surface area contributed by atoms with Crippen LogP contribution < -0.4 is 8.32 Å². The molecule has 7 heavy (non-hydrogen) atoms. The summed E-state index contributed by atoms with van der Waals surface area (Å²) in [6.45, 7) is 0. The van der Waals surface area contributed by atoms with E-state index in [4.69, 9.17) is 0 Å². The Hall–Kier alpha value is -0.157. The van der Waals surface area contributed by atoms with E-state index in [9.17, 15) is 0 Å². The van der Waals surface area contributed by atoms with Crippen molar-refractivity contribution in [2.45, 2.75) is 0 Å². The molecular weight excluding hydrogens is 175 g/mol. The first kappa shape index (κ1) is 3.80. The predicted molar refractivity (Wildman–Crippen MR) is 25.7 cm³/mol. The molecule has 1 aliphatic rings. The van der Waals surface area contributed by atoms with Crippen LogP contribution in [0.2, 0.25) is 0 Å². The van der Waals surface area contributed by atoms with Crippen molar-refractivity contribution in [2.24, 2.45) is 0 Å². The predicted octanol–water partition coefficient (Wildman–Crippen LogP) is 0.0333. The fourth-order valence-electron chi connectivity index (χ4n) is 0.555. The molecule has 0 saturated heterocycles. The molecule has 1 aromatic rings. The van der Waals surface area contributed by atoms with Crippen molar-refractivity contribution in [1.82, 2.24) is 0 Å². The van der Waals surface area contributed by atoms with Crippen molar-refractivity contribution < 1.29 is 17.1 Å². The topological polar surface area (TPSA) is 0 Å². The van der Waals surface area contributed by atoms with Gasteiger partial charge in [-0.2, -0.15) is 0 Å². The van der Waals surface area contributed by atoms with Crippen LogP contribution >= 0.6 is 0 Å². The Labute approximate surface area is 50.1 Å². The summed E-state index contributed by atoms with van der Waals surface area (Å²) < 4.78 is 3.20. The molecule has 0 aromatic heterocycles. The van der Waals surface area contributed by atoms with Gasteiger partial charge in [0, 0.05) is 0 Å². The summed E-state index contributed by atoms with van der Waals surface area (Å²) in [7, 11) is 0. The molecule has 0 spiro atoms. The number of fused-ring (bicyclic) bond motifs is 1. The minimum absolute atomic E-state index is 0.726. The number of hydrogen-bond acceptors (Lipinski definition) is 0. The van der Waals surface area contributed by atoms with Gasteiger partial charge in [-0.1, -0.05) is 0 Å². The van der Waals surface area contributed by atoms with E-state index in [1.807, 2.05) is 0 Å². The Kier molecular flexibility index (Phi) is 0.633. The van der Waals surface area contributed by atoms with E-state index in [0.717, 1.165) is 17.1 Å².